The Morgan fingerprint density at radius 2 is 2.17 bits per heavy atom. The largest absolute Gasteiger partial charge is 0.395 e. The molecule has 1 fully saturated rings. The van der Waals surface area contributed by atoms with Gasteiger partial charge < -0.3 is 5.11 Å². The lowest BCUT2D eigenvalue weighted by molar-refractivity contribution is 0.0888. The van der Waals surface area contributed by atoms with Crippen LogP contribution in [0.4, 0.5) is 0 Å². The molecule has 1 aromatic carbocycles. The molecule has 0 aliphatic carbocycles. The Hall–Kier alpha value is -0.840. The lowest BCUT2D eigenvalue weighted by Crippen LogP contribution is -2.36. The van der Waals surface area contributed by atoms with Crippen molar-refractivity contribution in [3.05, 3.63) is 29.8 Å². The fraction of sp³-hybridized carbons (Fsp3) is 0.500. The van der Waals surface area contributed by atoms with Gasteiger partial charge in [0.25, 0.3) is 0 Å². The van der Waals surface area contributed by atoms with Crippen LogP contribution in [0.5, 0.6) is 0 Å². The summed E-state index contributed by atoms with van der Waals surface area (Å²) in [6, 6.07) is 7.90. The molecule has 4 heteroatoms. The topological polar surface area (TPSA) is 40.5 Å². The average molecular weight is 265 g/mol. The zero-order valence-corrected chi connectivity index (χ0v) is 11.4. The number of benzene rings is 1. The monoisotopic (exact) mass is 265 g/mol. The number of aliphatic hydroxyl groups excluding tert-OH is 1. The lowest BCUT2D eigenvalue weighted by atomic mass is 10.1. The first kappa shape index (κ1) is 13.6. The van der Waals surface area contributed by atoms with E-state index in [2.05, 4.69) is 4.90 Å². The van der Waals surface area contributed by atoms with Crippen molar-refractivity contribution in [2.24, 2.45) is 0 Å². The van der Waals surface area contributed by atoms with Crippen molar-refractivity contribution in [3.8, 4) is 0 Å². The van der Waals surface area contributed by atoms with Crippen LogP contribution in [0.2, 0.25) is 0 Å². The molecule has 1 aliphatic heterocycles. The summed E-state index contributed by atoms with van der Waals surface area (Å²) in [5.41, 5.74) is 0.761. The second kappa shape index (κ2) is 6.36. The summed E-state index contributed by atoms with van der Waals surface area (Å²) in [6.07, 6.45) is 4.09. The highest BCUT2D eigenvalue weighted by atomic mass is 32.2. The molecule has 0 aromatic heterocycles. The molecule has 2 rings (SSSR count). The summed E-state index contributed by atoms with van der Waals surface area (Å²) >= 11 is 1.67. The molecule has 1 N–H and O–H groups in total. The summed E-state index contributed by atoms with van der Waals surface area (Å²) < 4.78 is 0. The first-order valence-electron chi connectivity index (χ1n) is 6.26. The summed E-state index contributed by atoms with van der Waals surface area (Å²) in [6.45, 7) is 1.49. The molecule has 1 aliphatic rings. The molecule has 1 heterocycles. The average Bonchev–Trinajstić information content (AvgIpc) is 2.86. The van der Waals surface area contributed by atoms with Gasteiger partial charge in [0.15, 0.2) is 5.78 Å². The van der Waals surface area contributed by atoms with Gasteiger partial charge in [-0.3, -0.25) is 9.69 Å². The SMILES string of the molecule is CSc1ccc(C(=O)CN2CCCC2CO)cc1. The van der Waals surface area contributed by atoms with E-state index in [0.717, 1.165) is 24.9 Å². The maximum atomic E-state index is 12.1. The van der Waals surface area contributed by atoms with Crippen LogP contribution in [-0.2, 0) is 0 Å². The van der Waals surface area contributed by atoms with Gasteiger partial charge in [-0.15, -0.1) is 11.8 Å². The third-order valence-electron chi connectivity index (χ3n) is 3.47. The van der Waals surface area contributed by atoms with E-state index in [0.29, 0.717) is 6.54 Å². The predicted molar refractivity (Wildman–Crippen MR) is 74.2 cm³/mol. The molecule has 0 spiro atoms. The summed E-state index contributed by atoms with van der Waals surface area (Å²) in [7, 11) is 0. The van der Waals surface area contributed by atoms with E-state index in [1.54, 1.807) is 11.8 Å². The fourth-order valence-corrected chi connectivity index (χ4v) is 2.77. The minimum absolute atomic E-state index is 0.142. The number of Topliss-reactive ketones (excluding diaryl/α,β-unsaturated/α-hetero) is 1. The Morgan fingerprint density at radius 3 is 2.78 bits per heavy atom. The molecule has 1 saturated heterocycles. The van der Waals surface area contributed by atoms with E-state index in [9.17, 15) is 9.90 Å². The molecule has 0 bridgehead atoms. The van der Waals surface area contributed by atoms with Gasteiger partial charge in [-0.2, -0.15) is 0 Å². The highest BCUT2D eigenvalue weighted by Crippen LogP contribution is 2.18. The molecule has 3 nitrogen and oxygen atoms in total. The minimum atomic E-state index is 0.142. The third-order valence-corrected chi connectivity index (χ3v) is 4.21. The lowest BCUT2D eigenvalue weighted by Gasteiger charge is -2.21. The molecule has 18 heavy (non-hydrogen) atoms. The van der Waals surface area contributed by atoms with Gasteiger partial charge in [0.1, 0.15) is 0 Å². The predicted octanol–water partition coefficient (Wildman–Crippen LogP) is 2.05. The minimum Gasteiger partial charge on any atom is -0.395 e. The second-order valence-corrected chi connectivity index (χ2v) is 5.48. The van der Waals surface area contributed by atoms with E-state index in [1.165, 1.54) is 4.90 Å². The first-order valence-corrected chi connectivity index (χ1v) is 7.49. The van der Waals surface area contributed by atoms with Gasteiger partial charge in [-0.05, 0) is 37.8 Å². The van der Waals surface area contributed by atoms with Crippen molar-refractivity contribution in [2.75, 3.05) is 26.0 Å². The summed E-state index contributed by atoms with van der Waals surface area (Å²) in [5.74, 6) is 0.142. The number of nitrogens with zero attached hydrogens (tertiary/aromatic N) is 1. The Kier molecular flexibility index (Phi) is 4.80. The van der Waals surface area contributed by atoms with Gasteiger partial charge in [0, 0.05) is 16.5 Å². The van der Waals surface area contributed by atoms with Crippen molar-refractivity contribution in [1.82, 2.24) is 4.90 Å². The number of hydrogen-bond donors (Lipinski definition) is 1. The number of carbonyl (C=O) groups excluding carboxylic acids is 1. The van der Waals surface area contributed by atoms with Crippen molar-refractivity contribution >= 4 is 17.5 Å². The number of aliphatic hydroxyl groups is 1. The quantitative estimate of drug-likeness (QED) is 0.653. The van der Waals surface area contributed by atoms with E-state index >= 15 is 0 Å². The van der Waals surface area contributed by atoms with Crippen molar-refractivity contribution in [1.29, 1.82) is 0 Å². The number of likely N-dealkylation sites (tertiary alicyclic amines) is 1. The van der Waals surface area contributed by atoms with Crippen LogP contribution in [0.3, 0.4) is 0 Å². The van der Waals surface area contributed by atoms with E-state index < -0.39 is 0 Å². The molecule has 1 unspecified atom stereocenters. The van der Waals surface area contributed by atoms with Crippen LogP contribution < -0.4 is 0 Å². The van der Waals surface area contributed by atoms with Crippen molar-refractivity contribution < 1.29 is 9.90 Å². The first-order chi connectivity index (χ1) is 8.74. The second-order valence-electron chi connectivity index (χ2n) is 4.60. The molecular weight excluding hydrogens is 246 g/mol. The van der Waals surface area contributed by atoms with Crippen LogP contribution in [-0.4, -0.2) is 47.8 Å². The molecule has 98 valence electrons. The van der Waals surface area contributed by atoms with E-state index in [-0.39, 0.29) is 18.4 Å². The molecule has 1 atom stereocenters. The number of hydrogen-bond acceptors (Lipinski definition) is 4. The zero-order valence-electron chi connectivity index (χ0n) is 10.6. The van der Waals surface area contributed by atoms with Gasteiger partial charge in [0.2, 0.25) is 0 Å². The van der Waals surface area contributed by atoms with Gasteiger partial charge in [-0.1, -0.05) is 12.1 Å². The van der Waals surface area contributed by atoms with Crippen molar-refractivity contribution in [3.63, 3.8) is 0 Å². The molecule has 1 aromatic rings. The van der Waals surface area contributed by atoms with Gasteiger partial charge >= 0.3 is 0 Å². The zero-order chi connectivity index (χ0) is 13.0. The highest BCUT2D eigenvalue weighted by molar-refractivity contribution is 7.98. The number of rotatable bonds is 5. The molecule has 0 radical (unpaired) electrons. The summed E-state index contributed by atoms with van der Waals surface area (Å²) in [5, 5.41) is 9.23. The van der Waals surface area contributed by atoms with Gasteiger partial charge in [-0.25, -0.2) is 0 Å². The Balaban J connectivity index is 1.98. The van der Waals surface area contributed by atoms with Crippen LogP contribution in [0.1, 0.15) is 23.2 Å². The van der Waals surface area contributed by atoms with Crippen molar-refractivity contribution in [2.45, 2.75) is 23.8 Å². The Morgan fingerprint density at radius 1 is 1.44 bits per heavy atom. The van der Waals surface area contributed by atoms with Crippen LogP contribution in [0, 0.1) is 0 Å². The fourth-order valence-electron chi connectivity index (χ4n) is 2.36. The molecule has 0 saturated carbocycles. The standard InChI is InChI=1S/C14H19NO2S/c1-18-13-6-4-11(5-7-13)14(17)9-15-8-2-3-12(15)10-16/h4-7,12,16H,2-3,8-10H2,1H3. The van der Waals surface area contributed by atoms with Gasteiger partial charge in [0.05, 0.1) is 13.2 Å². The Labute approximate surface area is 112 Å². The third kappa shape index (κ3) is 3.13. The van der Waals surface area contributed by atoms with Crippen LogP contribution in [0.25, 0.3) is 0 Å². The maximum Gasteiger partial charge on any atom is 0.176 e. The summed E-state index contributed by atoms with van der Waals surface area (Å²) in [4.78, 5) is 15.4. The smallest absolute Gasteiger partial charge is 0.176 e. The Bertz CT molecular complexity index is 405. The van der Waals surface area contributed by atoms with E-state index in [1.807, 2.05) is 30.5 Å². The number of ketones is 1. The van der Waals surface area contributed by atoms with Crippen LogP contribution >= 0.6 is 11.8 Å². The number of carbonyl (C=O) groups is 1. The van der Waals surface area contributed by atoms with E-state index in [4.69, 9.17) is 0 Å². The molecule has 0 amide bonds. The normalized spacial score (nSPS) is 20.2. The highest BCUT2D eigenvalue weighted by Gasteiger charge is 2.25. The maximum absolute atomic E-state index is 12.1. The number of thioether (sulfide) groups is 1. The molecular formula is C14H19NO2S. The van der Waals surface area contributed by atoms with Crippen LogP contribution in [0.15, 0.2) is 29.2 Å².